The lowest BCUT2D eigenvalue weighted by Gasteiger charge is -2.36. The van der Waals surface area contributed by atoms with Crippen LogP contribution in [0.4, 0.5) is 17.1 Å². The number of para-hydroxylation sites is 2. The summed E-state index contributed by atoms with van der Waals surface area (Å²) in [5, 5.41) is 6.59. The van der Waals surface area contributed by atoms with Gasteiger partial charge in [-0.2, -0.15) is 0 Å². The standard InChI is InChI=1S/C29H31N3O3/c1-18-11-12-20(14-19(18)2)30-26(34)17-32-23-9-6-5-8-21(23)31-22-15-29(3,4)16-24(33)27(22)28(32)25-10-7-13-35-25/h5-14,28,31H,15-17H2,1-4H3,(H,30,34)/t28-/m1/s1. The molecule has 0 fully saturated rings. The molecule has 0 saturated heterocycles. The van der Waals surface area contributed by atoms with Crippen molar-refractivity contribution in [1.82, 2.24) is 0 Å². The number of carbonyl (C=O) groups is 2. The lowest BCUT2D eigenvalue weighted by molar-refractivity contribution is -0.119. The molecular weight excluding hydrogens is 438 g/mol. The van der Waals surface area contributed by atoms with Crippen LogP contribution in [0.2, 0.25) is 0 Å². The Balaban J connectivity index is 1.58. The zero-order valence-electron chi connectivity index (χ0n) is 20.6. The molecule has 0 bridgehead atoms. The first-order valence-electron chi connectivity index (χ1n) is 12.0. The average Bonchev–Trinajstić information content (AvgIpc) is 3.28. The molecule has 1 aliphatic heterocycles. The molecule has 1 aliphatic carbocycles. The summed E-state index contributed by atoms with van der Waals surface area (Å²) in [6.07, 6.45) is 2.80. The Hall–Kier alpha value is -3.80. The van der Waals surface area contributed by atoms with Crippen LogP contribution in [0.5, 0.6) is 0 Å². The van der Waals surface area contributed by atoms with Crippen molar-refractivity contribution < 1.29 is 14.0 Å². The molecule has 35 heavy (non-hydrogen) atoms. The van der Waals surface area contributed by atoms with Crippen LogP contribution in [-0.4, -0.2) is 18.2 Å². The molecule has 6 heteroatoms. The van der Waals surface area contributed by atoms with E-state index in [1.54, 1.807) is 6.26 Å². The maximum atomic E-state index is 13.6. The van der Waals surface area contributed by atoms with Crippen LogP contribution in [0.1, 0.15) is 49.6 Å². The smallest absolute Gasteiger partial charge is 0.243 e. The minimum absolute atomic E-state index is 0.0600. The van der Waals surface area contributed by atoms with E-state index in [1.807, 2.05) is 73.3 Å². The number of amides is 1. The summed E-state index contributed by atoms with van der Waals surface area (Å²) >= 11 is 0. The number of carbonyl (C=O) groups excluding carboxylic acids is 2. The predicted octanol–water partition coefficient (Wildman–Crippen LogP) is 6.15. The van der Waals surface area contributed by atoms with E-state index in [2.05, 4.69) is 24.5 Å². The van der Waals surface area contributed by atoms with Crippen molar-refractivity contribution >= 4 is 28.8 Å². The summed E-state index contributed by atoms with van der Waals surface area (Å²) in [4.78, 5) is 28.9. The second kappa shape index (κ2) is 8.77. The van der Waals surface area contributed by atoms with Gasteiger partial charge < -0.3 is 20.0 Å². The van der Waals surface area contributed by atoms with Gasteiger partial charge in [-0.25, -0.2) is 0 Å². The second-order valence-corrected chi connectivity index (χ2v) is 10.4. The van der Waals surface area contributed by atoms with Crippen molar-refractivity contribution in [2.75, 3.05) is 22.1 Å². The minimum Gasteiger partial charge on any atom is -0.467 e. The SMILES string of the molecule is Cc1ccc(NC(=O)CN2c3ccccc3NC3=C(C(=O)CC(C)(C)C3)[C@H]2c2ccco2)cc1C. The Bertz CT molecular complexity index is 1320. The number of hydrogen-bond donors (Lipinski definition) is 2. The van der Waals surface area contributed by atoms with Gasteiger partial charge in [-0.3, -0.25) is 9.59 Å². The topological polar surface area (TPSA) is 74.6 Å². The fourth-order valence-corrected chi connectivity index (χ4v) is 5.14. The van der Waals surface area contributed by atoms with Gasteiger partial charge in [0.15, 0.2) is 5.78 Å². The van der Waals surface area contributed by atoms with Crippen LogP contribution in [-0.2, 0) is 9.59 Å². The van der Waals surface area contributed by atoms with E-state index < -0.39 is 6.04 Å². The third-order valence-electron chi connectivity index (χ3n) is 6.92. The molecule has 0 radical (unpaired) electrons. The van der Waals surface area contributed by atoms with Gasteiger partial charge in [-0.05, 0) is 73.2 Å². The first-order valence-corrected chi connectivity index (χ1v) is 12.0. The first kappa shape index (κ1) is 23.0. The van der Waals surface area contributed by atoms with Gasteiger partial charge in [0.1, 0.15) is 11.8 Å². The first-order chi connectivity index (χ1) is 16.7. The fraction of sp³-hybridized carbons (Fsp3) is 0.310. The maximum absolute atomic E-state index is 13.6. The van der Waals surface area contributed by atoms with E-state index in [1.165, 1.54) is 5.56 Å². The lowest BCUT2D eigenvalue weighted by Crippen LogP contribution is -2.40. The van der Waals surface area contributed by atoms with Gasteiger partial charge in [0.25, 0.3) is 0 Å². The summed E-state index contributed by atoms with van der Waals surface area (Å²) < 4.78 is 5.86. The van der Waals surface area contributed by atoms with Crippen LogP contribution < -0.4 is 15.5 Å². The van der Waals surface area contributed by atoms with Gasteiger partial charge in [-0.15, -0.1) is 0 Å². The molecule has 1 atom stereocenters. The van der Waals surface area contributed by atoms with Gasteiger partial charge >= 0.3 is 0 Å². The van der Waals surface area contributed by atoms with E-state index in [0.29, 0.717) is 17.8 Å². The zero-order valence-corrected chi connectivity index (χ0v) is 20.6. The van der Waals surface area contributed by atoms with E-state index in [-0.39, 0.29) is 23.7 Å². The van der Waals surface area contributed by atoms with Crippen LogP contribution in [0.25, 0.3) is 0 Å². The monoisotopic (exact) mass is 469 g/mol. The molecule has 3 aromatic rings. The number of ketones is 1. The molecule has 2 N–H and O–H groups in total. The van der Waals surface area contributed by atoms with Crippen molar-refractivity contribution in [2.45, 2.75) is 46.6 Å². The number of furan rings is 1. The van der Waals surface area contributed by atoms with E-state index in [4.69, 9.17) is 4.42 Å². The summed E-state index contributed by atoms with van der Waals surface area (Å²) in [5.41, 5.74) is 6.19. The molecule has 2 heterocycles. The van der Waals surface area contributed by atoms with Crippen molar-refractivity contribution in [3.8, 4) is 0 Å². The van der Waals surface area contributed by atoms with Crippen molar-refractivity contribution in [2.24, 2.45) is 5.41 Å². The third-order valence-corrected chi connectivity index (χ3v) is 6.92. The molecule has 2 aromatic carbocycles. The highest BCUT2D eigenvalue weighted by Gasteiger charge is 2.42. The van der Waals surface area contributed by atoms with E-state index in [0.717, 1.165) is 34.7 Å². The summed E-state index contributed by atoms with van der Waals surface area (Å²) in [6, 6.07) is 17.0. The number of Topliss-reactive ketones (excluding diaryl/α,β-unsaturated/α-hetero) is 1. The van der Waals surface area contributed by atoms with Crippen molar-refractivity contribution in [3.05, 3.63) is 89.0 Å². The Labute approximate surface area is 206 Å². The van der Waals surface area contributed by atoms with Gasteiger partial charge in [0.2, 0.25) is 5.91 Å². The molecule has 5 rings (SSSR count). The molecule has 180 valence electrons. The molecule has 0 unspecified atom stereocenters. The predicted molar refractivity (Wildman–Crippen MR) is 138 cm³/mol. The van der Waals surface area contributed by atoms with Crippen LogP contribution in [0, 0.1) is 19.3 Å². The van der Waals surface area contributed by atoms with Gasteiger partial charge in [0, 0.05) is 23.4 Å². The summed E-state index contributed by atoms with van der Waals surface area (Å²) in [5.74, 6) is 0.563. The number of hydrogen-bond acceptors (Lipinski definition) is 5. The Morgan fingerprint density at radius 3 is 2.63 bits per heavy atom. The average molecular weight is 470 g/mol. The largest absolute Gasteiger partial charge is 0.467 e. The fourth-order valence-electron chi connectivity index (χ4n) is 5.14. The van der Waals surface area contributed by atoms with Crippen LogP contribution >= 0.6 is 0 Å². The highest BCUT2D eigenvalue weighted by atomic mass is 16.3. The van der Waals surface area contributed by atoms with Crippen LogP contribution in [0.15, 0.2) is 76.5 Å². The molecule has 0 spiro atoms. The number of anilines is 3. The van der Waals surface area contributed by atoms with Gasteiger partial charge in [0.05, 0.1) is 24.2 Å². The Morgan fingerprint density at radius 1 is 1.09 bits per heavy atom. The zero-order chi connectivity index (χ0) is 24.7. The molecule has 1 amide bonds. The Morgan fingerprint density at radius 2 is 1.89 bits per heavy atom. The third kappa shape index (κ3) is 4.48. The molecule has 0 saturated carbocycles. The number of allylic oxidation sites excluding steroid dienone is 1. The highest BCUT2D eigenvalue weighted by molar-refractivity contribution is 6.02. The summed E-state index contributed by atoms with van der Waals surface area (Å²) in [6.45, 7) is 8.36. The number of nitrogens with zero attached hydrogens (tertiary/aromatic N) is 1. The number of benzene rings is 2. The van der Waals surface area contributed by atoms with E-state index >= 15 is 0 Å². The maximum Gasteiger partial charge on any atom is 0.243 e. The van der Waals surface area contributed by atoms with Crippen molar-refractivity contribution in [3.63, 3.8) is 0 Å². The quantitative estimate of drug-likeness (QED) is 0.479. The lowest BCUT2D eigenvalue weighted by atomic mass is 9.74. The van der Waals surface area contributed by atoms with E-state index in [9.17, 15) is 9.59 Å². The molecular formula is C29H31N3O3. The normalized spacial score (nSPS) is 18.9. The molecule has 2 aliphatic rings. The number of nitrogens with one attached hydrogen (secondary N) is 2. The van der Waals surface area contributed by atoms with Gasteiger partial charge in [-0.1, -0.05) is 32.0 Å². The molecule has 1 aromatic heterocycles. The number of fused-ring (bicyclic) bond motifs is 1. The van der Waals surface area contributed by atoms with Crippen molar-refractivity contribution in [1.29, 1.82) is 0 Å². The van der Waals surface area contributed by atoms with Crippen LogP contribution in [0.3, 0.4) is 0 Å². The second-order valence-electron chi connectivity index (χ2n) is 10.4. The number of aryl methyl sites for hydroxylation is 2. The summed E-state index contributed by atoms with van der Waals surface area (Å²) in [7, 11) is 0. The molecule has 6 nitrogen and oxygen atoms in total. The highest BCUT2D eigenvalue weighted by Crippen LogP contribution is 2.48. The Kier molecular flexibility index (Phi) is 5.75. The number of rotatable bonds is 4. The minimum atomic E-state index is -0.509.